The van der Waals surface area contributed by atoms with E-state index >= 15 is 4.39 Å². The first kappa shape index (κ1) is 39.8. The minimum atomic E-state index is -0.737. The Labute approximate surface area is 330 Å². The molecule has 3 fully saturated rings. The number of benzene rings is 2. The highest BCUT2D eigenvalue weighted by Crippen LogP contribution is 2.35. The van der Waals surface area contributed by atoms with Crippen LogP contribution in [0.4, 0.5) is 27.4 Å². The van der Waals surface area contributed by atoms with Crippen LogP contribution >= 0.6 is 0 Å². The first-order valence-corrected chi connectivity index (χ1v) is 19.8. The van der Waals surface area contributed by atoms with E-state index in [0.717, 1.165) is 44.5 Å². The van der Waals surface area contributed by atoms with Crippen LogP contribution in [0.5, 0.6) is 5.75 Å². The summed E-state index contributed by atoms with van der Waals surface area (Å²) >= 11 is 0. The van der Waals surface area contributed by atoms with Gasteiger partial charge in [-0.3, -0.25) is 24.5 Å². The summed E-state index contributed by atoms with van der Waals surface area (Å²) in [5.41, 5.74) is 9.53. The summed E-state index contributed by atoms with van der Waals surface area (Å²) < 4.78 is 26.3. The molecule has 0 radical (unpaired) electrons. The maximum Gasteiger partial charge on any atom is 0.271 e. The molecule has 0 saturated carbocycles. The highest BCUT2D eigenvalue weighted by molar-refractivity contribution is 6.05. The SMILES string of the molecule is CCc1nc(C(N)=O)c(Nc2ccc(N3CCC(NCCNCc4cc5c(cc4F)C(=O)N(C4CCC(=O)NC4=O)C5)CC3)c(OC)c2)nc1NC1CCOCC1. The summed E-state index contributed by atoms with van der Waals surface area (Å²) in [6.07, 6.45) is 4.57. The van der Waals surface area contributed by atoms with Crippen molar-refractivity contribution in [2.45, 2.75) is 83.1 Å². The fraction of sp³-hybridized carbons (Fsp3) is 0.500. The van der Waals surface area contributed by atoms with Crippen molar-refractivity contribution < 1.29 is 33.0 Å². The number of rotatable bonds is 15. The van der Waals surface area contributed by atoms with E-state index in [4.69, 9.17) is 20.2 Å². The molecule has 0 bridgehead atoms. The Morgan fingerprint density at radius 3 is 2.53 bits per heavy atom. The number of aryl methyl sites for hydroxylation is 1. The summed E-state index contributed by atoms with van der Waals surface area (Å²) in [5, 5.41) is 16.0. The predicted octanol–water partition coefficient (Wildman–Crippen LogP) is 2.73. The third kappa shape index (κ3) is 9.10. The molecule has 7 N–H and O–H groups in total. The van der Waals surface area contributed by atoms with Gasteiger partial charge in [-0.15, -0.1) is 0 Å². The van der Waals surface area contributed by atoms with Crippen molar-refractivity contribution in [3.05, 3.63) is 64.2 Å². The zero-order valence-corrected chi connectivity index (χ0v) is 32.4. The molecule has 1 aromatic heterocycles. The van der Waals surface area contributed by atoms with E-state index in [1.165, 1.54) is 11.0 Å². The summed E-state index contributed by atoms with van der Waals surface area (Å²) in [6, 6.07) is 8.54. The average Bonchev–Trinajstić information content (AvgIpc) is 3.52. The van der Waals surface area contributed by atoms with Crippen molar-refractivity contribution in [3.8, 4) is 5.75 Å². The number of amides is 4. The fourth-order valence-corrected chi connectivity index (χ4v) is 7.97. The Kier molecular flexibility index (Phi) is 12.5. The Bertz CT molecular complexity index is 2000. The molecule has 3 aromatic rings. The molecule has 17 heteroatoms. The van der Waals surface area contributed by atoms with Crippen LogP contribution < -0.4 is 42.0 Å². The minimum absolute atomic E-state index is 0.0744. The third-order valence-electron chi connectivity index (χ3n) is 11.1. The standard InChI is InChI=1S/C40H51FN10O6/c1-3-30-37(45-26-10-16-57-17-11-26)49-38(35(47-30)36(42)53)46-27-4-5-31(33(19-27)56-2)50-14-8-25(9-15-50)44-13-12-43-21-23-18-24-22-51(40(55)28(24)20-29(23)41)32-6-7-34(52)48-39(32)54/h4-5,18-20,25-26,32,43-44H,3,6-17,21-22H2,1-2H3,(H2,42,53)(H2,45,46,49)(H,48,52,54). The van der Waals surface area contributed by atoms with E-state index in [0.29, 0.717) is 79.4 Å². The van der Waals surface area contributed by atoms with Crippen LogP contribution in [-0.2, 0) is 33.8 Å². The Morgan fingerprint density at radius 2 is 1.81 bits per heavy atom. The van der Waals surface area contributed by atoms with Gasteiger partial charge in [0, 0.05) is 93.9 Å². The van der Waals surface area contributed by atoms with Crippen LogP contribution in [0, 0.1) is 5.82 Å². The molecule has 4 aliphatic rings. The number of aromatic nitrogens is 2. The number of carbonyl (C=O) groups is 4. The molecule has 2 aromatic carbocycles. The molecule has 4 amide bonds. The van der Waals surface area contributed by atoms with Crippen molar-refractivity contribution in [1.29, 1.82) is 0 Å². The number of fused-ring (bicyclic) bond motifs is 1. The molecule has 1 unspecified atom stereocenters. The lowest BCUT2D eigenvalue weighted by Crippen LogP contribution is -2.52. The lowest BCUT2D eigenvalue weighted by atomic mass is 10.0. The number of nitrogens with one attached hydrogen (secondary N) is 5. The molecule has 0 spiro atoms. The monoisotopic (exact) mass is 786 g/mol. The van der Waals surface area contributed by atoms with Gasteiger partial charge in [0.1, 0.15) is 17.6 Å². The second-order valence-electron chi connectivity index (χ2n) is 14.9. The molecule has 4 aliphatic heterocycles. The molecule has 304 valence electrons. The van der Waals surface area contributed by atoms with Crippen LogP contribution in [0.2, 0.25) is 0 Å². The van der Waals surface area contributed by atoms with Crippen LogP contribution in [0.3, 0.4) is 0 Å². The van der Waals surface area contributed by atoms with Gasteiger partial charge in [-0.05, 0) is 68.4 Å². The lowest BCUT2D eigenvalue weighted by Gasteiger charge is -2.35. The van der Waals surface area contributed by atoms with Gasteiger partial charge in [0.05, 0.1) is 18.5 Å². The number of hydrogen-bond acceptors (Lipinski definition) is 13. The van der Waals surface area contributed by atoms with E-state index in [1.807, 2.05) is 25.1 Å². The number of ether oxygens (including phenoxy) is 2. The molecule has 57 heavy (non-hydrogen) atoms. The maximum atomic E-state index is 15.0. The quantitative estimate of drug-likeness (QED) is 0.0970. The molecular weight excluding hydrogens is 736 g/mol. The zero-order valence-electron chi connectivity index (χ0n) is 32.4. The molecule has 0 aliphatic carbocycles. The second kappa shape index (κ2) is 17.8. The Balaban J connectivity index is 0.889. The van der Waals surface area contributed by atoms with Crippen molar-refractivity contribution in [1.82, 2.24) is 30.8 Å². The summed E-state index contributed by atoms with van der Waals surface area (Å²) in [7, 11) is 1.63. The van der Waals surface area contributed by atoms with E-state index in [9.17, 15) is 19.2 Å². The summed E-state index contributed by atoms with van der Waals surface area (Å²) in [5.74, 6) is -0.782. The highest BCUT2D eigenvalue weighted by Gasteiger charge is 2.39. The second-order valence-corrected chi connectivity index (χ2v) is 14.9. The largest absolute Gasteiger partial charge is 0.495 e. The van der Waals surface area contributed by atoms with E-state index in [1.54, 1.807) is 13.2 Å². The normalized spacial score (nSPS) is 19.1. The molecule has 16 nitrogen and oxygen atoms in total. The van der Waals surface area contributed by atoms with Crippen LogP contribution in [-0.4, -0.2) is 103 Å². The predicted molar refractivity (Wildman–Crippen MR) is 211 cm³/mol. The zero-order chi connectivity index (χ0) is 40.1. The molecule has 5 heterocycles. The highest BCUT2D eigenvalue weighted by atomic mass is 19.1. The number of nitrogens with two attached hydrogens (primary N) is 1. The number of carbonyl (C=O) groups excluding carboxylic acids is 4. The number of anilines is 4. The van der Waals surface area contributed by atoms with Gasteiger partial charge >= 0.3 is 0 Å². The number of nitrogens with zero attached hydrogens (tertiary/aromatic N) is 4. The Morgan fingerprint density at radius 1 is 1.02 bits per heavy atom. The van der Waals surface area contributed by atoms with Crippen molar-refractivity contribution >= 4 is 46.6 Å². The van der Waals surface area contributed by atoms with Crippen molar-refractivity contribution in [2.24, 2.45) is 5.73 Å². The van der Waals surface area contributed by atoms with Crippen LogP contribution in [0.15, 0.2) is 30.3 Å². The third-order valence-corrected chi connectivity index (χ3v) is 11.1. The van der Waals surface area contributed by atoms with Gasteiger partial charge in [0.15, 0.2) is 17.3 Å². The van der Waals surface area contributed by atoms with Gasteiger partial charge in [-0.2, -0.15) is 0 Å². The lowest BCUT2D eigenvalue weighted by molar-refractivity contribution is -0.136. The van der Waals surface area contributed by atoms with E-state index < -0.39 is 29.6 Å². The number of imide groups is 1. The number of primary amides is 1. The van der Waals surface area contributed by atoms with Crippen molar-refractivity contribution in [2.75, 3.05) is 62.0 Å². The van der Waals surface area contributed by atoms with Gasteiger partial charge < -0.3 is 46.3 Å². The number of methoxy groups -OCH3 is 1. The van der Waals surface area contributed by atoms with Gasteiger partial charge in [0.2, 0.25) is 11.8 Å². The van der Waals surface area contributed by atoms with Gasteiger partial charge in [-0.25, -0.2) is 14.4 Å². The number of hydrogen-bond donors (Lipinski definition) is 6. The van der Waals surface area contributed by atoms with Crippen LogP contribution in [0.1, 0.15) is 83.1 Å². The number of halogens is 1. The minimum Gasteiger partial charge on any atom is -0.495 e. The molecular formula is C40H51FN10O6. The van der Waals surface area contributed by atoms with E-state index in [-0.39, 0.29) is 48.4 Å². The first-order valence-electron chi connectivity index (χ1n) is 19.8. The Hall–Kier alpha value is -5.39. The fourth-order valence-electron chi connectivity index (χ4n) is 7.97. The smallest absolute Gasteiger partial charge is 0.271 e. The van der Waals surface area contributed by atoms with Gasteiger partial charge in [-0.1, -0.05) is 6.92 Å². The molecule has 3 saturated heterocycles. The summed E-state index contributed by atoms with van der Waals surface area (Å²) in [4.78, 5) is 62.4. The first-order chi connectivity index (χ1) is 27.6. The van der Waals surface area contributed by atoms with Crippen molar-refractivity contribution in [3.63, 3.8) is 0 Å². The molecule has 1 atom stereocenters. The van der Waals surface area contributed by atoms with Crippen LogP contribution in [0.25, 0.3) is 0 Å². The van der Waals surface area contributed by atoms with E-state index in [2.05, 4.69) is 36.5 Å². The average molecular weight is 787 g/mol. The summed E-state index contributed by atoms with van der Waals surface area (Å²) in [6.45, 7) is 6.79. The van der Waals surface area contributed by atoms with Gasteiger partial charge in [0.25, 0.3) is 11.8 Å². The number of piperidine rings is 2. The molecule has 7 rings (SSSR count). The topological polar surface area (TPSA) is 205 Å². The maximum absolute atomic E-state index is 15.0.